The second-order valence-electron chi connectivity index (χ2n) is 4.75. The molecule has 0 fully saturated rings. The second-order valence-corrected chi connectivity index (χ2v) is 5.16. The van der Waals surface area contributed by atoms with Gasteiger partial charge in [0.2, 0.25) is 0 Å². The van der Waals surface area contributed by atoms with E-state index in [1.807, 2.05) is 25.1 Å². The van der Waals surface area contributed by atoms with Crippen LogP contribution >= 0.6 is 11.6 Å². The molecule has 5 nitrogen and oxygen atoms in total. The summed E-state index contributed by atoms with van der Waals surface area (Å²) >= 11 is 6.09. The third kappa shape index (κ3) is 4.06. The van der Waals surface area contributed by atoms with Crippen LogP contribution in [-0.4, -0.2) is 33.4 Å². The van der Waals surface area contributed by atoms with Crippen molar-refractivity contribution in [1.82, 2.24) is 15.1 Å². The molecule has 0 aliphatic heterocycles. The standard InChI is InChI=1S/C15H18ClN3O2/c1-2-5-11(20)10-17-15(21)13-8-9-19(18-13)14-7-4-3-6-12(14)16/h3-4,6-9,11,20H,2,5,10H2,1H3,(H,17,21). The van der Waals surface area contributed by atoms with Gasteiger partial charge in [0, 0.05) is 12.7 Å². The first-order valence-corrected chi connectivity index (χ1v) is 7.26. The molecule has 0 aliphatic rings. The third-order valence-electron chi connectivity index (χ3n) is 3.04. The van der Waals surface area contributed by atoms with Crippen molar-refractivity contribution in [3.8, 4) is 5.69 Å². The van der Waals surface area contributed by atoms with Gasteiger partial charge in [-0.2, -0.15) is 5.10 Å². The first-order chi connectivity index (χ1) is 10.1. The average molecular weight is 308 g/mol. The minimum Gasteiger partial charge on any atom is -0.391 e. The van der Waals surface area contributed by atoms with Gasteiger partial charge in [0.25, 0.3) is 5.91 Å². The van der Waals surface area contributed by atoms with Gasteiger partial charge in [0.1, 0.15) is 0 Å². The van der Waals surface area contributed by atoms with E-state index in [1.54, 1.807) is 23.0 Å². The van der Waals surface area contributed by atoms with Gasteiger partial charge in [-0.05, 0) is 24.6 Å². The van der Waals surface area contributed by atoms with Crippen LogP contribution in [0.1, 0.15) is 30.3 Å². The normalized spacial score (nSPS) is 12.1. The van der Waals surface area contributed by atoms with Crippen LogP contribution in [0.15, 0.2) is 36.5 Å². The number of hydrogen-bond acceptors (Lipinski definition) is 3. The Hall–Kier alpha value is -1.85. The van der Waals surface area contributed by atoms with Crippen molar-refractivity contribution in [2.45, 2.75) is 25.9 Å². The van der Waals surface area contributed by atoms with Crippen LogP contribution in [0, 0.1) is 0 Å². The quantitative estimate of drug-likeness (QED) is 0.861. The summed E-state index contributed by atoms with van der Waals surface area (Å²) in [4.78, 5) is 12.0. The zero-order chi connectivity index (χ0) is 15.2. The number of rotatable bonds is 6. The molecule has 0 aliphatic carbocycles. The van der Waals surface area contributed by atoms with Gasteiger partial charge in [-0.3, -0.25) is 4.79 Å². The summed E-state index contributed by atoms with van der Waals surface area (Å²) in [6.45, 7) is 2.21. The van der Waals surface area contributed by atoms with E-state index in [9.17, 15) is 9.90 Å². The molecule has 0 spiro atoms. The molecule has 0 radical (unpaired) electrons. The minimum absolute atomic E-state index is 0.228. The summed E-state index contributed by atoms with van der Waals surface area (Å²) in [6.07, 6.45) is 2.69. The van der Waals surface area contributed by atoms with Crippen molar-refractivity contribution in [3.05, 3.63) is 47.2 Å². The van der Waals surface area contributed by atoms with Gasteiger partial charge in [-0.1, -0.05) is 37.1 Å². The lowest BCUT2D eigenvalue weighted by Crippen LogP contribution is -2.32. The van der Waals surface area contributed by atoms with Crippen LogP contribution in [0.4, 0.5) is 0 Å². The molecule has 21 heavy (non-hydrogen) atoms. The maximum atomic E-state index is 12.0. The predicted molar refractivity (Wildman–Crippen MR) is 81.8 cm³/mol. The fraction of sp³-hybridized carbons (Fsp3) is 0.333. The van der Waals surface area contributed by atoms with E-state index in [1.165, 1.54) is 0 Å². The molecule has 1 heterocycles. The maximum Gasteiger partial charge on any atom is 0.271 e. The van der Waals surface area contributed by atoms with Gasteiger partial charge < -0.3 is 10.4 Å². The van der Waals surface area contributed by atoms with Gasteiger partial charge in [0.15, 0.2) is 5.69 Å². The molecular formula is C15H18ClN3O2. The van der Waals surface area contributed by atoms with Crippen LogP contribution < -0.4 is 5.32 Å². The Bertz CT molecular complexity index is 612. The van der Waals surface area contributed by atoms with Crippen LogP contribution in [0.2, 0.25) is 5.02 Å². The monoisotopic (exact) mass is 307 g/mol. The zero-order valence-corrected chi connectivity index (χ0v) is 12.5. The fourth-order valence-electron chi connectivity index (χ4n) is 1.95. The number of carbonyl (C=O) groups excluding carboxylic acids is 1. The van der Waals surface area contributed by atoms with Crippen molar-refractivity contribution >= 4 is 17.5 Å². The van der Waals surface area contributed by atoms with E-state index in [-0.39, 0.29) is 12.5 Å². The van der Waals surface area contributed by atoms with E-state index in [0.29, 0.717) is 22.8 Å². The van der Waals surface area contributed by atoms with E-state index >= 15 is 0 Å². The van der Waals surface area contributed by atoms with Gasteiger partial charge in [-0.25, -0.2) is 4.68 Å². The number of aromatic nitrogens is 2. The summed E-state index contributed by atoms with van der Waals surface area (Å²) in [5.41, 5.74) is 1.00. The number of para-hydroxylation sites is 1. The zero-order valence-electron chi connectivity index (χ0n) is 11.8. The maximum absolute atomic E-state index is 12.0. The highest BCUT2D eigenvalue weighted by atomic mass is 35.5. The lowest BCUT2D eigenvalue weighted by molar-refractivity contribution is 0.0905. The molecule has 2 rings (SSSR count). The number of halogens is 1. The fourth-order valence-corrected chi connectivity index (χ4v) is 2.18. The molecule has 0 saturated heterocycles. The molecule has 1 unspecified atom stereocenters. The molecule has 1 amide bonds. The Kier molecular flexibility index (Phi) is 5.36. The van der Waals surface area contributed by atoms with Crippen molar-refractivity contribution < 1.29 is 9.90 Å². The van der Waals surface area contributed by atoms with Crippen LogP contribution in [0.5, 0.6) is 0 Å². The molecule has 1 atom stereocenters. The Labute approximate surface area is 128 Å². The number of aliphatic hydroxyl groups is 1. The SMILES string of the molecule is CCCC(O)CNC(=O)c1ccn(-c2ccccc2Cl)n1. The van der Waals surface area contributed by atoms with E-state index in [2.05, 4.69) is 10.4 Å². The summed E-state index contributed by atoms with van der Waals surface area (Å²) in [5.74, 6) is -0.309. The molecular weight excluding hydrogens is 290 g/mol. The van der Waals surface area contributed by atoms with Crippen molar-refractivity contribution in [2.24, 2.45) is 0 Å². The second kappa shape index (κ2) is 7.24. The Morgan fingerprint density at radius 3 is 2.90 bits per heavy atom. The minimum atomic E-state index is -0.524. The summed E-state index contributed by atoms with van der Waals surface area (Å²) in [5, 5.41) is 17.0. The largest absolute Gasteiger partial charge is 0.391 e. The topological polar surface area (TPSA) is 67.2 Å². The summed E-state index contributed by atoms with van der Waals surface area (Å²) < 4.78 is 1.56. The smallest absolute Gasteiger partial charge is 0.271 e. The molecule has 2 aromatic rings. The third-order valence-corrected chi connectivity index (χ3v) is 3.36. The van der Waals surface area contributed by atoms with Crippen LogP contribution in [0.25, 0.3) is 5.69 Å². The van der Waals surface area contributed by atoms with E-state index in [0.717, 1.165) is 6.42 Å². The molecule has 6 heteroatoms. The van der Waals surface area contributed by atoms with Gasteiger partial charge in [0.05, 0.1) is 16.8 Å². The molecule has 0 bridgehead atoms. The number of nitrogens with zero attached hydrogens (tertiary/aromatic N) is 2. The summed E-state index contributed by atoms with van der Waals surface area (Å²) in [6, 6.07) is 8.88. The molecule has 1 aromatic carbocycles. The number of benzene rings is 1. The van der Waals surface area contributed by atoms with Crippen molar-refractivity contribution in [1.29, 1.82) is 0 Å². The predicted octanol–water partition coefficient (Wildman–Crippen LogP) is 2.42. The van der Waals surface area contributed by atoms with Crippen LogP contribution in [0.3, 0.4) is 0 Å². The Balaban J connectivity index is 2.03. The molecule has 1 aromatic heterocycles. The number of hydrogen-bond donors (Lipinski definition) is 2. The lowest BCUT2D eigenvalue weighted by atomic mass is 10.2. The van der Waals surface area contributed by atoms with E-state index < -0.39 is 6.10 Å². The first-order valence-electron chi connectivity index (χ1n) is 6.88. The van der Waals surface area contributed by atoms with Crippen molar-refractivity contribution in [2.75, 3.05) is 6.54 Å². The average Bonchev–Trinajstić information content (AvgIpc) is 2.95. The van der Waals surface area contributed by atoms with Crippen LogP contribution in [-0.2, 0) is 0 Å². The molecule has 2 N–H and O–H groups in total. The number of amides is 1. The highest BCUT2D eigenvalue weighted by molar-refractivity contribution is 6.32. The lowest BCUT2D eigenvalue weighted by Gasteiger charge is -2.09. The Morgan fingerprint density at radius 1 is 1.43 bits per heavy atom. The summed E-state index contributed by atoms with van der Waals surface area (Å²) in [7, 11) is 0. The number of nitrogens with one attached hydrogen (secondary N) is 1. The highest BCUT2D eigenvalue weighted by Gasteiger charge is 2.12. The van der Waals surface area contributed by atoms with Crippen molar-refractivity contribution in [3.63, 3.8) is 0 Å². The number of carbonyl (C=O) groups is 1. The molecule has 0 saturated carbocycles. The van der Waals surface area contributed by atoms with Gasteiger partial charge >= 0.3 is 0 Å². The number of aliphatic hydroxyl groups excluding tert-OH is 1. The van der Waals surface area contributed by atoms with Gasteiger partial charge in [-0.15, -0.1) is 0 Å². The molecule has 112 valence electrons. The Morgan fingerprint density at radius 2 is 2.19 bits per heavy atom. The van der Waals surface area contributed by atoms with E-state index in [4.69, 9.17) is 11.6 Å². The highest BCUT2D eigenvalue weighted by Crippen LogP contribution is 2.18. The first kappa shape index (κ1) is 15.5.